The molecule has 0 unspecified atom stereocenters. The molecule has 2 rings (SSSR count). The molecule has 0 N–H and O–H groups in total. The van der Waals surface area contributed by atoms with Crippen LogP contribution in [0.15, 0.2) is 24.3 Å². The third-order valence-corrected chi connectivity index (χ3v) is 5.47. The second-order valence-corrected chi connectivity index (χ2v) is 7.54. The van der Waals surface area contributed by atoms with Crippen LogP contribution in [0, 0.1) is 0 Å². The monoisotopic (exact) mass is 393 g/mol. The number of hydrogen-bond acceptors (Lipinski definition) is 4. The van der Waals surface area contributed by atoms with Crippen molar-refractivity contribution in [3.05, 3.63) is 34.9 Å². The molecule has 0 radical (unpaired) electrons. The molecule has 1 aliphatic heterocycles. The highest BCUT2D eigenvalue weighted by Gasteiger charge is 2.54. The first-order chi connectivity index (χ1) is 12.8. The molecule has 0 aliphatic carbocycles. The maximum Gasteiger partial charge on any atom is 0.240 e. The van der Waals surface area contributed by atoms with Crippen molar-refractivity contribution >= 4 is 29.3 Å². The Labute approximate surface area is 166 Å². The molecule has 7 heteroatoms. The topological polar surface area (TPSA) is 60.9 Å². The number of benzene rings is 1. The van der Waals surface area contributed by atoms with Crippen molar-refractivity contribution in [2.45, 2.75) is 32.1 Å². The third-order valence-electron chi connectivity index (χ3n) is 5.14. The first-order valence-corrected chi connectivity index (χ1v) is 9.67. The number of likely N-dealkylation sites (tertiary alicyclic amines) is 1. The standard InChI is InChI=1S/C20H28ClN3O3/c1-5-23(6-2)17(25)13-20(15-9-7-8-10-16(15)21)14-18(26)24(19(20)27)12-11-22(3)4/h7-10H,5-6,11-14H2,1-4H3/t20-/m1/s1. The second-order valence-electron chi connectivity index (χ2n) is 7.14. The lowest BCUT2D eigenvalue weighted by Gasteiger charge is -2.30. The molecule has 1 aromatic rings. The molecule has 1 atom stereocenters. The Morgan fingerprint density at radius 3 is 2.37 bits per heavy atom. The summed E-state index contributed by atoms with van der Waals surface area (Å²) in [5.41, 5.74) is -0.681. The average molecular weight is 394 g/mol. The van der Waals surface area contributed by atoms with E-state index in [0.717, 1.165) is 0 Å². The number of likely N-dealkylation sites (N-methyl/N-ethyl adjacent to an activating group) is 1. The fourth-order valence-electron chi connectivity index (χ4n) is 3.57. The fourth-order valence-corrected chi connectivity index (χ4v) is 3.88. The van der Waals surface area contributed by atoms with Crippen molar-refractivity contribution in [1.82, 2.24) is 14.7 Å². The van der Waals surface area contributed by atoms with Crippen LogP contribution < -0.4 is 0 Å². The first-order valence-electron chi connectivity index (χ1n) is 9.29. The van der Waals surface area contributed by atoms with Gasteiger partial charge in [0.1, 0.15) is 0 Å². The maximum absolute atomic E-state index is 13.4. The molecular formula is C20H28ClN3O3. The van der Waals surface area contributed by atoms with Gasteiger partial charge in [0.25, 0.3) is 0 Å². The smallest absolute Gasteiger partial charge is 0.240 e. The van der Waals surface area contributed by atoms with Crippen molar-refractivity contribution in [3.63, 3.8) is 0 Å². The van der Waals surface area contributed by atoms with E-state index in [1.54, 1.807) is 29.2 Å². The van der Waals surface area contributed by atoms with Crippen LogP contribution in [0.5, 0.6) is 0 Å². The summed E-state index contributed by atoms with van der Waals surface area (Å²) in [6, 6.07) is 7.00. The van der Waals surface area contributed by atoms with Gasteiger partial charge in [-0.1, -0.05) is 29.8 Å². The number of imide groups is 1. The Morgan fingerprint density at radius 1 is 1.19 bits per heavy atom. The highest BCUT2D eigenvalue weighted by Crippen LogP contribution is 2.43. The molecule has 0 aromatic heterocycles. The van der Waals surface area contributed by atoms with E-state index in [1.807, 2.05) is 32.8 Å². The molecule has 1 fully saturated rings. The summed E-state index contributed by atoms with van der Waals surface area (Å²) in [5, 5.41) is 0.403. The lowest BCUT2D eigenvalue weighted by Crippen LogP contribution is -2.44. The lowest BCUT2D eigenvalue weighted by atomic mass is 9.75. The summed E-state index contributed by atoms with van der Waals surface area (Å²) in [6.07, 6.45) is -0.0859. The molecule has 0 bridgehead atoms. The molecule has 1 aliphatic rings. The predicted octanol–water partition coefficient (Wildman–Crippen LogP) is 2.16. The zero-order valence-electron chi connectivity index (χ0n) is 16.5. The van der Waals surface area contributed by atoms with Crippen LogP contribution in [-0.2, 0) is 19.8 Å². The normalized spacial score (nSPS) is 19.9. The van der Waals surface area contributed by atoms with Crippen LogP contribution >= 0.6 is 11.6 Å². The molecule has 0 saturated carbocycles. The Hall–Kier alpha value is -1.92. The number of carbonyl (C=O) groups is 3. The number of halogens is 1. The molecule has 0 spiro atoms. The first kappa shape index (κ1) is 21.4. The van der Waals surface area contributed by atoms with Gasteiger partial charge in [0.05, 0.1) is 5.41 Å². The zero-order valence-corrected chi connectivity index (χ0v) is 17.3. The van der Waals surface area contributed by atoms with Crippen LogP contribution in [-0.4, -0.2) is 72.7 Å². The van der Waals surface area contributed by atoms with Crippen molar-refractivity contribution < 1.29 is 14.4 Å². The van der Waals surface area contributed by atoms with Gasteiger partial charge < -0.3 is 9.80 Å². The minimum absolute atomic E-state index is 0.0317. The van der Waals surface area contributed by atoms with Crippen molar-refractivity contribution in [2.75, 3.05) is 40.3 Å². The van der Waals surface area contributed by atoms with E-state index in [9.17, 15) is 14.4 Å². The largest absolute Gasteiger partial charge is 0.343 e. The van der Waals surface area contributed by atoms with E-state index >= 15 is 0 Å². The van der Waals surface area contributed by atoms with Crippen LogP contribution in [0.25, 0.3) is 0 Å². The second kappa shape index (κ2) is 8.85. The van der Waals surface area contributed by atoms with Crippen LogP contribution in [0.4, 0.5) is 0 Å². The molecule has 148 valence electrons. The van der Waals surface area contributed by atoms with E-state index in [2.05, 4.69) is 0 Å². The Morgan fingerprint density at radius 2 is 1.81 bits per heavy atom. The minimum atomic E-state index is -1.23. The summed E-state index contributed by atoms with van der Waals surface area (Å²) in [6.45, 7) is 5.78. The van der Waals surface area contributed by atoms with E-state index in [4.69, 9.17) is 11.6 Å². The quantitative estimate of drug-likeness (QED) is 0.635. The summed E-state index contributed by atoms with van der Waals surface area (Å²) in [5.74, 6) is -0.729. The van der Waals surface area contributed by atoms with Gasteiger partial charge in [0.15, 0.2) is 0 Å². The number of hydrogen-bond donors (Lipinski definition) is 0. The summed E-state index contributed by atoms with van der Waals surface area (Å²) < 4.78 is 0. The van der Waals surface area contributed by atoms with Crippen molar-refractivity contribution in [2.24, 2.45) is 0 Å². The van der Waals surface area contributed by atoms with Gasteiger partial charge in [0, 0.05) is 44.0 Å². The van der Waals surface area contributed by atoms with Gasteiger partial charge in [-0.05, 0) is 39.6 Å². The van der Waals surface area contributed by atoms with Crippen molar-refractivity contribution in [3.8, 4) is 0 Å². The molecule has 27 heavy (non-hydrogen) atoms. The molecular weight excluding hydrogens is 366 g/mol. The molecule has 1 aromatic carbocycles. The molecule has 3 amide bonds. The molecule has 6 nitrogen and oxygen atoms in total. The number of carbonyl (C=O) groups excluding carboxylic acids is 3. The Kier molecular flexibility index (Phi) is 7.00. The zero-order chi connectivity index (χ0) is 20.2. The Balaban J connectivity index is 2.46. The third kappa shape index (κ3) is 4.33. The molecule has 1 saturated heterocycles. The van der Waals surface area contributed by atoms with Crippen LogP contribution in [0.1, 0.15) is 32.3 Å². The lowest BCUT2D eigenvalue weighted by molar-refractivity contribution is -0.142. The van der Waals surface area contributed by atoms with E-state index < -0.39 is 5.41 Å². The number of rotatable bonds is 8. The van der Waals surface area contributed by atoms with E-state index in [0.29, 0.717) is 36.8 Å². The van der Waals surface area contributed by atoms with Crippen molar-refractivity contribution in [1.29, 1.82) is 0 Å². The number of amides is 3. The summed E-state index contributed by atoms with van der Waals surface area (Å²) >= 11 is 6.40. The summed E-state index contributed by atoms with van der Waals surface area (Å²) in [4.78, 5) is 43.8. The van der Waals surface area contributed by atoms with Gasteiger partial charge in [0.2, 0.25) is 17.7 Å². The van der Waals surface area contributed by atoms with Gasteiger partial charge in [-0.15, -0.1) is 0 Å². The van der Waals surface area contributed by atoms with E-state index in [1.165, 1.54) is 4.90 Å². The van der Waals surface area contributed by atoms with Gasteiger partial charge in [-0.25, -0.2) is 0 Å². The van der Waals surface area contributed by atoms with E-state index in [-0.39, 0.29) is 30.6 Å². The average Bonchev–Trinajstić information content (AvgIpc) is 2.85. The predicted molar refractivity (Wildman–Crippen MR) is 106 cm³/mol. The fraction of sp³-hybridized carbons (Fsp3) is 0.550. The number of nitrogens with zero attached hydrogens (tertiary/aromatic N) is 3. The van der Waals surface area contributed by atoms with Gasteiger partial charge in [-0.2, -0.15) is 0 Å². The summed E-state index contributed by atoms with van der Waals surface area (Å²) in [7, 11) is 3.77. The SMILES string of the molecule is CCN(CC)C(=O)C[C@]1(c2ccccc2Cl)CC(=O)N(CCN(C)C)C1=O. The van der Waals surface area contributed by atoms with Crippen LogP contribution in [0.3, 0.4) is 0 Å². The van der Waals surface area contributed by atoms with Gasteiger partial charge >= 0.3 is 0 Å². The molecule has 1 heterocycles. The highest BCUT2D eigenvalue weighted by atomic mass is 35.5. The van der Waals surface area contributed by atoms with Crippen LogP contribution in [0.2, 0.25) is 5.02 Å². The minimum Gasteiger partial charge on any atom is -0.343 e. The maximum atomic E-state index is 13.4. The Bertz CT molecular complexity index is 718. The van der Waals surface area contributed by atoms with Gasteiger partial charge in [-0.3, -0.25) is 19.3 Å². The highest BCUT2D eigenvalue weighted by molar-refractivity contribution is 6.32.